The predicted molar refractivity (Wildman–Crippen MR) is 106 cm³/mol. The topological polar surface area (TPSA) is 38.7 Å². The second-order valence-corrected chi connectivity index (χ2v) is 9.29. The first kappa shape index (κ1) is 15.7. The van der Waals surface area contributed by atoms with Crippen molar-refractivity contribution in [1.29, 1.82) is 0 Å². The average Bonchev–Trinajstić information content (AvgIpc) is 2.67. The van der Waals surface area contributed by atoms with Crippen molar-refractivity contribution < 1.29 is 0 Å². The molecule has 1 aliphatic rings. The molecule has 0 atom stereocenters. The third-order valence-corrected chi connectivity index (χ3v) is 7.45. The number of benzene rings is 2. The van der Waals surface area contributed by atoms with Gasteiger partial charge in [0.15, 0.2) is 0 Å². The molecule has 4 aromatic rings. The van der Waals surface area contributed by atoms with Gasteiger partial charge in [-0.15, -0.1) is 0 Å². The molecule has 0 amide bonds. The van der Waals surface area contributed by atoms with Crippen molar-refractivity contribution in [3.63, 3.8) is 0 Å². The second kappa shape index (κ2) is 5.73. The van der Waals surface area contributed by atoms with Crippen molar-refractivity contribution in [2.45, 2.75) is 19.3 Å². The summed E-state index contributed by atoms with van der Waals surface area (Å²) in [4.78, 5) is 13.5. The van der Waals surface area contributed by atoms with Crippen molar-refractivity contribution in [3.05, 3.63) is 78.2 Å². The molecule has 0 unspecified atom stereocenters. The molecule has 0 radical (unpaired) electrons. The van der Waals surface area contributed by atoms with Gasteiger partial charge < -0.3 is 0 Å². The molecule has 126 valence electrons. The molecule has 5 rings (SSSR count). The number of hydrogen-bond acceptors (Lipinski definition) is 3. The number of aromatic nitrogens is 3. The summed E-state index contributed by atoms with van der Waals surface area (Å²) < 4.78 is 2.92. The Morgan fingerprint density at radius 3 is 2.46 bits per heavy atom. The van der Waals surface area contributed by atoms with Gasteiger partial charge in [-0.3, -0.25) is 0 Å². The minimum absolute atomic E-state index is 0.0540. The molecule has 2 aromatic carbocycles. The van der Waals surface area contributed by atoms with Gasteiger partial charge in [-0.1, -0.05) is 0 Å². The summed E-state index contributed by atoms with van der Waals surface area (Å²) in [7, 11) is 0. The molecule has 0 N–H and O–H groups in total. The molecule has 0 bridgehead atoms. The van der Waals surface area contributed by atoms with Crippen LogP contribution in [0.2, 0.25) is 0 Å². The molecule has 26 heavy (non-hydrogen) atoms. The summed E-state index contributed by atoms with van der Waals surface area (Å²) in [6.45, 7) is 4.65. The Bertz CT molecular complexity index is 1150. The van der Waals surface area contributed by atoms with Crippen molar-refractivity contribution in [1.82, 2.24) is 15.0 Å². The van der Waals surface area contributed by atoms with Gasteiger partial charge in [0.1, 0.15) is 0 Å². The molecular formula is C22H17N3Se. The summed E-state index contributed by atoms with van der Waals surface area (Å²) in [5.41, 5.74) is 6.66. The number of hydrogen-bond donors (Lipinski definition) is 0. The molecule has 0 aliphatic carbocycles. The number of nitrogens with zero attached hydrogens (tertiary/aromatic N) is 3. The van der Waals surface area contributed by atoms with Crippen LogP contribution in [0.25, 0.3) is 22.3 Å². The van der Waals surface area contributed by atoms with Crippen molar-refractivity contribution in [3.8, 4) is 11.3 Å². The van der Waals surface area contributed by atoms with Crippen LogP contribution in [0.3, 0.4) is 0 Å². The van der Waals surface area contributed by atoms with E-state index in [2.05, 4.69) is 72.3 Å². The third-order valence-electron chi connectivity index (χ3n) is 5.06. The standard InChI is InChI=1S/C22H17N3Se/c1-22(2)15-7-3-4-8-19(15)26-20-9-5-6-14(21(20)22)16-12-17-18(13-25-16)24-11-10-23-17/h3-13H,1-2H3. The Labute approximate surface area is 158 Å². The van der Waals surface area contributed by atoms with Crippen LogP contribution in [0.15, 0.2) is 67.1 Å². The molecular weight excluding hydrogens is 385 g/mol. The summed E-state index contributed by atoms with van der Waals surface area (Å²) >= 11 is 0.314. The van der Waals surface area contributed by atoms with Gasteiger partial charge in [-0.2, -0.15) is 0 Å². The van der Waals surface area contributed by atoms with E-state index in [9.17, 15) is 0 Å². The van der Waals surface area contributed by atoms with Gasteiger partial charge >= 0.3 is 159 Å². The normalized spacial score (nSPS) is 14.7. The molecule has 0 saturated carbocycles. The fourth-order valence-electron chi connectivity index (χ4n) is 3.81. The summed E-state index contributed by atoms with van der Waals surface area (Å²) in [6.07, 6.45) is 5.26. The zero-order valence-electron chi connectivity index (χ0n) is 14.6. The van der Waals surface area contributed by atoms with Crippen LogP contribution >= 0.6 is 0 Å². The van der Waals surface area contributed by atoms with E-state index in [0.29, 0.717) is 15.0 Å². The first-order valence-electron chi connectivity index (χ1n) is 8.62. The predicted octanol–water partition coefficient (Wildman–Crippen LogP) is 2.99. The molecule has 1 aliphatic heterocycles. The first-order valence-corrected chi connectivity index (χ1v) is 10.3. The first-order chi connectivity index (χ1) is 12.6. The van der Waals surface area contributed by atoms with E-state index in [1.54, 1.807) is 12.4 Å². The van der Waals surface area contributed by atoms with Crippen LogP contribution < -0.4 is 8.92 Å². The van der Waals surface area contributed by atoms with Crippen LogP contribution in [0.1, 0.15) is 25.0 Å². The van der Waals surface area contributed by atoms with Crippen molar-refractivity contribution in [2.75, 3.05) is 0 Å². The van der Waals surface area contributed by atoms with Gasteiger partial charge in [-0.05, 0) is 0 Å². The quantitative estimate of drug-likeness (QED) is 0.460. The monoisotopic (exact) mass is 403 g/mol. The molecule has 3 nitrogen and oxygen atoms in total. The second-order valence-electron chi connectivity index (χ2n) is 7.02. The molecule has 3 heterocycles. The fourth-order valence-corrected chi connectivity index (χ4v) is 6.82. The molecule has 0 saturated heterocycles. The van der Waals surface area contributed by atoms with E-state index in [4.69, 9.17) is 4.98 Å². The van der Waals surface area contributed by atoms with Gasteiger partial charge in [0.2, 0.25) is 0 Å². The van der Waals surface area contributed by atoms with Gasteiger partial charge in [0.25, 0.3) is 0 Å². The SMILES string of the molecule is CC1(C)c2ccccc2[Se]c2cccc(-c3cc4nccnc4cn3)c21. The summed E-state index contributed by atoms with van der Waals surface area (Å²) in [6, 6.07) is 17.5. The Kier molecular flexibility index (Phi) is 3.46. The molecule has 2 aromatic heterocycles. The Balaban J connectivity index is 1.76. The average molecular weight is 402 g/mol. The van der Waals surface area contributed by atoms with E-state index in [0.717, 1.165) is 16.7 Å². The fraction of sp³-hybridized carbons (Fsp3) is 0.136. The number of pyridine rings is 1. The van der Waals surface area contributed by atoms with E-state index in [1.807, 2.05) is 6.20 Å². The van der Waals surface area contributed by atoms with E-state index in [-0.39, 0.29) is 5.41 Å². The number of fused-ring (bicyclic) bond motifs is 3. The Morgan fingerprint density at radius 2 is 1.58 bits per heavy atom. The maximum absolute atomic E-state index is 4.71. The van der Waals surface area contributed by atoms with E-state index in [1.165, 1.54) is 25.6 Å². The van der Waals surface area contributed by atoms with Gasteiger partial charge in [0, 0.05) is 0 Å². The van der Waals surface area contributed by atoms with Crippen molar-refractivity contribution in [2.24, 2.45) is 0 Å². The van der Waals surface area contributed by atoms with Gasteiger partial charge in [0.05, 0.1) is 0 Å². The van der Waals surface area contributed by atoms with Crippen LogP contribution in [-0.4, -0.2) is 29.9 Å². The molecule has 4 heteroatoms. The van der Waals surface area contributed by atoms with Crippen LogP contribution in [-0.2, 0) is 5.41 Å². The van der Waals surface area contributed by atoms with Crippen LogP contribution in [0.4, 0.5) is 0 Å². The van der Waals surface area contributed by atoms with Crippen molar-refractivity contribution >= 4 is 34.9 Å². The molecule has 0 spiro atoms. The Hall–Kier alpha value is -2.55. The number of rotatable bonds is 1. The third kappa shape index (κ3) is 2.30. The minimum atomic E-state index is -0.0540. The van der Waals surface area contributed by atoms with Gasteiger partial charge in [-0.25, -0.2) is 0 Å². The van der Waals surface area contributed by atoms with E-state index < -0.39 is 0 Å². The zero-order chi connectivity index (χ0) is 17.7. The summed E-state index contributed by atoms with van der Waals surface area (Å²) in [5, 5.41) is 0. The molecule has 0 fully saturated rings. The summed E-state index contributed by atoms with van der Waals surface area (Å²) in [5.74, 6) is 0. The van der Waals surface area contributed by atoms with Crippen LogP contribution in [0.5, 0.6) is 0 Å². The maximum atomic E-state index is 4.71. The zero-order valence-corrected chi connectivity index (χ0v) is 16.3. The van der Waals surface area contributed by atoms with E-state index >= 15 is 0 Å². The Morgan fingerprint density at radius 1 is 0.808 bits per heavy atom. The van der Waals surface area contributed by atoms with Crippen LogP contribution in [0, 0.1) is 0 Å².